The van der Waals surface area contributed by atoms with Crippen molar-refractivity contribution in [3.05, 3.63) is 60.1 Å². The molecule has 9 heteroatoms. The predicted molar refractivity (Wildman–Crippen MR) is 111 cm³/mol. The fourth-order valence-electron chi connectivity index (χ4n) is 3.35. The third-order valence-electron chi connectivity index (χ3n) is 4.73. The summed E-state index contributed by atoms with van der Waals surface area (Å²) in [5.41, 5.74) is 6.84. The molecule has 0 aliphatic carbocycles. The standard InChI is InChI=1S/C20H12N8S/c1-3-23-16(11-2-4-29-9-11)18-15(1)25-20(26-18)17-14-5-12(8-24-19(14)28-27-17)13-6-21-10-22-7-13/h1-10H,(H,25,26)(H,24,27,28). The zero-order valence-electron chi connectivity index (χ0n) is 14.9. The number of hydrogen-bond acceptors (Lipinski definition) is 7. The summed E-state index contributed by atoms with van der Waals surface area (Å²) in [6, 6.07) is 5.98. The number of H-pyrrole nitrogens is 2. The topological polar surface area (TPSA) is 109 Å². The van der Waals surface area contributed by atoms with Crippen LogP contribution in [0.5, 0.6) is 0 Å². The average molecular weight is 396 g/mol. The third kappa shape index (κ3) is 2.59. The molecule has 0 bridgehead atoms. The summed E-state index contributed by atoms with van der Waals surface area (Å²) < 4.78 is 0. The first-order chi connectivity index (χ1) is 14.4. The molecular formula is C20H12N8S. The summed E-state index contributed by atoms with van der Waals surface area (Å²) in [7, 11) is 0. The molecule has 0 aliphatic heterocycles. The fourth-order valence-corrected chi connectivity index (χ4v) is 3.99. The number of nitrogens with zero attached hydrogens (tertiary/aromatic N) is 6. The van der Waals surface area contributed by atoms with Crippen LogP contribution in [0.4, 0.5) is 0 Å². The number of pyridine rings is 2. The van der Waals surface area contributed by atoms with Crippen LogP contribution in [0, 0.1) is 0 Å². The lowest BCUT2D eigenvalue weighted by Gasteiger charge is -2.00. The van der Waals surface area contributed by atoms with E-state index in [1.807, 2.05) is 23.6 Å². The molecule has 138 valence electrons. The minimum Gasteiger partial charge on any atom is -0.336 e. The van der Waals surface area contributed by atoms with Crippen LogP contribution in [-0.4, -0.2) is 40.1 Å². The van der Waals surface area contributed by atoms with E-state index >= 15 is 0 Å². The molecule has 6 aromatic rings. The summed E-state index contributed by atoms with van der Waals surface area (Å²) in [6.07, 6.45) is 8.59. The molecule has 0 aromatic carbocycles. The van der Waals surface area contributed by atoms with E-state index in [9.17, 15) is 0 Å². The van der Waals surface area contributed by atoms with Crippen LogP contribution in [0.25, 0.3) is 56.0 Å². The quantitative estimate of drug-likeness (QED) is 0.466. The van der Waals surface area contributed by atoms with Gasteiger partial charge in [0.15, 0.2) is 11.5 Å². The van der Waals surface area contributed by atoms with Crippen molar-refractivity contribution in [2.45, 2.75) is 0 Å². The van der Waals surface area contributed by atoms with Crippen LogP contribution >= 0.6 is 11.3 Å². The Labute approximate surface area is 167 Å². The number of hydrogen-bond donors (Lipinski definition) is 2. The number of rotatable bonds is 3. The predicted octanol–water partition coefficient (Wildman–Crippen LogP) is 4.08. The maximum atomic E-state index is 4.82. The Bertz CT molecular complexity index is 1450. The number of thiophene rings is 1. The lowest BCUT2D eigenvalue weighted by molar-refractivity contribution is 1.09. The zero-order chi connectivity index (χ0) is 19.2. The van der Waals surface area contributed by atoms with Gasteiger partial charge in [-0.2, -0.15) is 16.4 Å². The highest BCUT2D eigenvalue weighted by atomic mass is 32.1. The average Bonchev–Trinajstić information content (AvgIpc) is 3.52. The minimum absolute atomic E-state index is 0.666. The molecule has 0 radical (unpaired) electrons. The first kappa shape index (κ1) is 16.0. The van der Waals surface area contributed by atoms with Gasteiger partial charge in [0.2, 0.25) is 0 Å². The fraction of sp³-hybridized carbons (Fsp3) is 0. The molecule has 6 aromatic heterocycles. The highest BCUT2D eigenvalue weighted by molar-refractivity contribution is 7.08. The first-order valence-corrected chi connectivity index (χ1v) is 9.78. The molecule has 0 aliphatic rings. The maximum absolute atomic E-state index is 4.82. The molecule has 0 saturated heterocycles. The van der Waals surface area contributed by atoms with E-state index in [4.69, 9.17) is 4.98 Å². The molecule has 0 atom stereocenters. The van der Waals surface area contributed by atoms with E-state index in [2.05, 4.69) is 40.5 Å². The Morgan fingerprint density at radius 2 is 1.83 bits per heavy atom. The number of imidazole rings is 1. The van der Waals surface area contributed by atoms with Gasteiger partial charge in [0.25, 0.3) is 0 Å². The van der Waals surface area contributed by atoms with Crippen molar-refractivity contribution in [2.24, 2.45) is 0 Å². The molecule has 6 heterocycles. The summed E-state index contributed by atoms with van der Waals surface area (Å²) in [5, 5.41) is 12.4. The van der Waals surface area contributed by atoms with Gasteiger partial charge in [0.1, 0.15) is 17.5 Å². The van der Waals surface area contributed by atoms with Gasteiger partial charge in [0, 0.05) is 46.9 Å². The largest absolute Gasteiger partial charge is 0.336 e. The molecule has 8 nitrogen and oxygen atoms in total. The second-order valence-electron chi connectivity index (χ2n) is 6.47. The Hall–Kier alpha value is -3.98. The summed E-state index contributed by atoms with van der Waals surface area (Å²) in [6.45, 7) is 0. The van der Waals surface area contributed by atoms with Crippen LogP contribution in [0.15, 0.2) is 60.1 Å². The van der Waals surface area contributed by atoms with E-state index in [1.165, 1.54) is 6.33 Å². The maximum Gasteiger partial charge on any atom is 0.159 e. The highest BCUT2D eigenvalue weighted by Crippen LogP contribution is 2.31. The van der Waals surface area contributed by atoms with Gasteiger partial charge in [-0.1, -0.05) is 0 Å². The van der Waals surface area contributed by atoms with Crippen molar-refractivity contribution in [2.75, 3.05) is 0 Å². The molecule has 2 N–H and O–H groups in total. The molecule has 29 heavy (non-hydrogen) atoms. The molecule has 0 spiro atoms. The molecule has 0 fully saturated rings. The zero-order valence-corrected chi connectivity index (χ0v) is 15.7. The smallest absolute Gasteiger partial charge is 0.159 e. The summed E-state index contributed by atoms with van der Waals surface area (Å²) in [4.78, 5) is 25.4. The molecule has 0 unspecified atom stereocenters. The van der Waals surface area contributed by atoms with Gasteiger partial charge >= 0.3 is 0 Å². The van der Waals surface area contributed by atoms with Crippen molar-refractivity contribution in [1.82, 2.24) is 40.1 Å². The monoisotopic (exact) mass is 396 g/mol. The number of aromatic amines is 2. The number of fused-ring (bicyclic) bond motifs is 2. The van der Waals surface area contributed by atoms with Gasteiger partial charge in [0.05, 0.1) is 16.6 Å². The van der Waals surface area contributed by atoms with Crippen molar-refractivity contribution >= 4 is 33.4 Å². The van der Waals surface area contributed by atoms with E-state index in [1.54, 1.807) is 36.1 Å². The van der Waals surface area contributed by atoms with E-state index in [0.29, 0.717) is 17.2 Å². The molecule has 0 saturated carbocycles. The van der Waals surface area contributed by atoms with Crippen LogP contribution in [0.2, 0.25) is 0 Å². The van der Waals surface area contributed by atoms with Gasteiger partial charge in [-0.3, -0.25) is 10.1 Å². The number of nitrogens with one attached hydrogen (secondary N) is 2. The number of aromatic nitrogens is 8. The van der Waals surface area contributed by atoms with Gasteiger partial charge < -0.3 is 4.98 Å². The van der Waals surface area contributed by atoms with Crippen LogP contribution in [0.3, 0.4) is 0 Å². The Kier molecular flexibility index (Phi) is 3.47. The van der Waals surface area contributed by atoms with E-state index < -0.39 is 0 Å². The Morgan fingerprint density at radius 1 is 0.897 bits per heavy atom. The van der Waals surface area contributed by atoms with E-state index in [0.717, 1.165) is 38.8 Å². The highest BCUT2D eigenvalue weighted by Gasteiger charge is 2.17. The summed E-state index contributed by atoms with van der Waals surface area (Å²) in [5.74, 6) is 0.666. The molecule has 0 amide bonds. The van der Waals surface area contributed by atoms with Gasteiger partial charge in [-0.25, -0.2) is 19.9 Å². The van der Waals surface area contributed by atoms with Gasteiger partial charge in [-0.15, -0.1) is 0 Å². The lowest BCUT2D eigenvalue weighted by Crippen LogP contribution is -1.86. The van der Waals surface area contributed by atoms with Crippen LogP contribution in [0.1, 0.15) is 0 Å². The van der Waals surface area contributed by atoms with Crippen molar-refractivity contribution in [1.29, 1.82) is 0 Å². The minimum atomic E-state index is 0.666. The summed E-state index contributed by atoms with van der Waals surface area (Å²) >= 11 is 1.64. The van der Waals surface area contributed by atoms with Gasteiger partial charge in [-0.05, 0) is 23.6 Å². The van der Waals surface area contributed by atoms with E-state index in [-0.39, 0.29) is 0 Å². The molecular weight excluding hydrogens is 384 g/mol. The lowest BCUT2D eigenvalue weighted by atomic mass is 10.1. The van der Waals surface area contributed by atoms with Crippen molar-refractivity contribution < 1.29 is 0 Å². The van der Waals surface area contributed by atoms with Crippen LogP contribution < -0.4 is 0 Å². The van der Waals surface area contributed by atoms with Crippen molar-refractivity contribution in [3.63, 3.8) is 0 Å². The Balaban J connectivity index is 1.53. The second kappa shape index (κ2) is 6.28. The second-order valence-corrected chi connectivity index (χ2v) is 7.25. The normalized spacial score (nSPS) is 11.4. The Morgan fingerprint density at radius 3 is 2.69 bits per heavy atom. The molecule has 6 rings (SSSR count). The van der Waals surface area contributed by atoms with Crippen molar-refractivity contribution in [3.8, 4) is 33.9 Å². The third-order valence-corrected chi connectivity index (χ3v) is 5.41. The first-order valence-electron chi connectivity index (χ1n) is 8.84. The SMILES string of the molecule is c1ncc(-c2cnc3[nH]nc(-c4nc5c(-c6ccsc6)nccc5[nH]4)c3c2)cn1. The van der Waals surface area contributed by atoms with Crippen LogP contribution in [-0.2, 0) is 0 Å².